The first-order valence-electron chi connectivity index (χ1n) is 7.27. The molecule has 2 aromatic rings. The molecule has 0 saturated heterocycles. The molecule has 6 heteroatoms. The maximum Gasteiger partial charge on any atom is 0.160 e. The van der Waals surface area contributed by atoms with E-state index in [0.29, 0.717) is 6.54 Å². The minimum atomic E-state index is 0.0856. The van der Waals surface area contributed by atoms with Gasteiger partial charge in [-0.3, -0.25) is 4.68 Å². The van der Waals surface area contributed by atoms with Crippen LogP contribution < -0.4 is 14.8 Å². The lowest BCUT2D eigenvalue weighted by Gasteiger charge is -2.15. The maximum absolute atomic E-state index is 8.89. The lowest BCUT2D eigenvalue weighted by Crippen LogP contribution is -2.17. The zero-order chi connectivity index (χ0) is 15.9. The Bertz CT molecular complexity index is 598. The van der Waals surface area contributed by atoms with Crippen LogP contribution in [0, 0.1) is 0 Å². The lowest BCUT2D eigenvalue weighted by molar-refractivity contribution is 0.269. The minimum absolute atomic E-state index is 0.0856. The summed E-state index contributed by atoms with van der Waals surface area (Å²) in [6.07, 6.45) is 4.51. The van der Waals surface area contributed by atoms with Crippen LogP contribution in [0.15, 0.2) is 30.6 Å². The summed E-state index contributed by atoms with van der Waals surface area (Å²) in [6, 6.07) is 6.19. The van der Waals surface area contributed by atoms with Crippen LogP contribution >= 0.6 is 0 Å². The second-order valence-corrected chi connectivity index (χ2v) is 5.15. The molecule has 0 aliphatic heterocycles. The number of aliphatic hydroxyl groups is 1. The molecule has 6 nitrogen and oxygen atoms in total. The van der Waals surface area contributed by atoms with E-state index in [4.69, 9.17) is 14.6 Å². The van der Waals surface area contributed by atoms with Crippen molar-refractivity contribution in [1.82, 2.24) is 9.78 Å². The van der Waals surface area contributed by atoms with E-state index in [0.717, 1.165) is 23.6 Å². The second-order valence-electron chi connectivity index (χ2n) is 5.15. The Hall–Kier alpha value is -2.21. The maximum atomic E-state index is 8.89. The average molecular weight is 305 g/mol. The Morgan fingerprint density at radius 2 is 2.05 bits per heavy atom. The van der Waals surface area contributed by atoms with Crippen LogP contribution in [-0.2, 0) is 13.0 Å². The minimum Gasteiger partial charge on any atom is -0.493 e. The van der Waals surface area contributed by atoms with Crippen LogP contribution in [-0.4, -0.2) is 41.8 Å². The molecular formula is C16H23N3O3. The Morgan fingerprint density at radius 1 is 1.27 bits per heavy atom. The SMILES string of the molecule is COc1ccc(CC(C)Nc2cnn(CCO)c2)cc1OC. The van der Waals surface area contributed by atoms with Crippen LogP contribution in [0.3, 0.4) is 0 Å². The van der Waals surface area contributed by atoms with Gasteiger partial charge in [-0.25, -0.2) is 0 Å². The van der Waals surface area contributed by atoms with Gasteiger partial charge < -0.3 is 19.9 Å². The molecule has 0 aliphatic rings. The van der Waals surface area contributed by atoms with Crippen molar-refractivity contribution in [3.05, 3.63) is 36.2 Å². The fourth-order valence-electron chi connectivity index (χ4n) is 2.36. The normalized spacial score (nSPS) is 12.0. The van der Waals surface area contributed by atoms with Crippen molar-refractivity contribution in [3.8, 4) is 11.5 Å². The van der Waals surface area contributed by atoms with E-state index in [2.05, 4.69) is 17.3 Å². The zero-order valence-electron chi connectivity index (χ0n) is 13.2. The fourth-order valence-corrected chi connectivity index (χ4v) is 2.36. The standard InChI is InChI=1S/C16H23N3O3/c1-12(18-14-10-17-19(11-14)6-7-20)8-13-4-5-15(21-2)16(9-13)22-3/h4-5,9-12,18,20H,6-8H2,1-3H3. The molecule has 1 aromatic heterocycles. The van der Waals surface area contributed by atoms with Crippen molar-refractivity contribution in [2.75, 3.05) is 26.1 Å². The first-order chi connectivity index (χ1) is 10.7. The summed E-state index contributed by atoms with van der Waals surface area (Å²) in [6.45, 7) is 2.70. The molecule has 0 saturated carbocycles. The average Bonchev–Trinajstić information content (AvgIpc) is 2.94. The van der Waals surface area contributed by atoms with E-state index >= 15 is 0 Å². The van der Waals surface area contributed by atoms with Crippen LogP contribution in [0.5, 0.6) is 11.5 Å². The van der Waals surface area contributed by atoms with E-state index < -0.39 is 0 Å². The van der Waals surface area contributed by atoms with Crippen LogP contribution in [0.4, 0.5) is 5.69 Å². The molecule has 2 N–H and O–H groups in total. The van der Waals surface area contributed by atoms with Gasteiger partial charge in [-0.1, -0.05) is 6.07 Å². The number of anilines is 1. The number of aliphatic hydroxyl groups excluding tert-OH is 1. The Labute approximate surface area is 130 Å². The molecule has 0 aliphatic carbocycles. The number of nitrogens with one attached hydrogen (secondary N) is 1. The summed E-state index contributed by atoms with van der Waals surface area (Å²) >= 11 is 0. The zero-order valence-corrected chi connectivity index (χ0v) is 13.2. The first-order valence-corrected chi connectivity index (χ1v) is 7.27. The second kappa shape index (κ2) is 7.70. The van der Waals surface area contributed by atoms with Gasteiger partial charge in [0, 0.05) is 12.2 Å². The largest absolute Gasteiger partial charge is 0.493 e. The monoisotopic (exact) mass is 305 g/mol. The third-order valence-electron chi connectivity index (χ3n) is 3.37. The van der Waals surface area contributed by atoms with Crippen molar-refractivity contribution >= 4 is 5.69 Å². The van der Waals surface area contributed by atoms with Crippen LogP contribution in [0.2, 0.25) is 0 Å². The molecule has 2 rings (SSSR count). The third kappa shape index (κ3) is 4.14. The van der Waals surface area contributed by atoms with Gasteiger partial charge in [0.15, 0.2) is 11.5 Å². The van der Waals surface area contributed by atoms with E-state index in [1.807, 2.05) is 24.4 Å². The van der Waals surface area contributed by atoms with Gasteiger partial charge in [0.2, 0.25) is 0 Å². The Morgan fingerprint density at radius 3 is 2.73 bits per heavy atom. The number of nitrogens with zero attached hydrogens (tertiary/aromatic N) is 2. The van der Waals surface area contributed by atoms with Crippen molar-refractivity contribution in [3.63, 3.8) is 0 Å². The molecule has 1 atom stereocenters. The quantitative estimate of drug-likeness (QED) is 0.780. The third-order valence-corrected chi connectivity index (χ3v) is 3.37. The summed E-state index contributed by atoms with van der Waals surface area (Å²) < 4.78 is 12.3. The van der Waals surface area contributed by atoms with Crippen molar-refractivity contribution in [2.24, 2.45) is 0 Å². The molecule has 0 fully saturated rings. The highest BCUT2D eigenvalue weighted by Crippen LogP contribution is 2.28. The molecule has 0 radical (unpaired) electrons. The number of benzene rings is 1. The number of hydrogen-bond donors (Lipinski definition) is 2. The number of ether oxygens (including phenoxy) is 2. The summed E-state index contributed by atoms with van der Waals surface area (Å²) in [5.74, 6) is 1.47. The predicted molar refractivity (Wildman–Crippen MR) is 85.6 cm³/mol. The van der Waals surface area contributed by atoms with Gasteiger partial charge in [-0.15, -0.1) is 0 Å². The number of rotatable bonds is 8. The molecule has 0 bridgehead atoms. The fraction of sp³-hybridized carbons (Fsp3) is 0.438. The molecule has 1 unspecified atom stereocenters. The molecule has 22 heavy (non-hydrogen) atoms. The van der Waals surface area contributed by atoms with E-state index in [1.54, 1.807) is 25.1 Å². The van der Waals surface area contributed by atoms with Crippen LogP contribution in [0.1, 0.15) is 12.5 Å². The summed E-state index contributed by atoms with van der Waals surface area (Å²) in [5.41, 5.74) is 2.11. The summed E-state index contributed by atoms with van der Waals surface area (Å²) in [7, 11) is 3.27. The Balaban J connectivity index is 1.97. The summed E-state index contributed by atoms with van der Waals surface area (Å²) in [5, 5.41) is 16.5. The van der Waals surface area contributed by atoms with Gasteiger partial charge in [0.05, 0.1) is 39.3 Å². The van der Waals surface area contributed by atoms with Gasteiger partial charge >= 0.3 is 0 Å². The predicted octanol–water partition coefficient (Wildman–Crippen LogP) is 1.94. The topological polar surface area (TPSA) is 68.5 Å². The highest BCUT2D eigenvalue weighted by atomic mass is 16.5. The first kappa shape index (κ1) is 16.2. The molecular weight excluding hydrogens is 282 g/mol. The van der Waals surface area contributed by atoms with E-state index in [9.17, 15) is 0 Å². The molecule has 0 amide bonds. The highest BCUT2D eigenvalue weighted by Gasteiger charge is 2.09. The molecule has 1 aromatic carbocycles. The smallest absolute Gasteiger partial charge is 0.160 e. The van der Waals surface area contributed by atoms with E-state index in [-0.39, 0.29) is 12.6 Å². The number of hydrogen-bond acceptors (Lipinski definition) is 5. The molecule has 120 valence electrons. The van der Waals surface area contributed by atoms with Crippen LogP contribution in [0.25, 0.3) is 0 Å². The lowest BCUT2D eigenvalue weighted by atomic mass is 10.1. The van der Waals surface area contributed by atoms with Crippen molar-refractivity contribution < 1.29 is 14.6 Å². The number of aromatic nitrogens is 2. The van der Waals surface area contributed by atoms with Gasteiger partial charge in [0.1, 0.15) is 0 Å². The van der Waals surface area contributed by atoms with Gasteiger partial charge in [-0.05, 0) is 31.0 Å². The van der Waals surface area contributed by atoms with Crippen molar-refractivity contribution in [2.45, 2.75) is 25.9 Å². The van der Waals surface area contributed by atoms with Crippen molar-refractivity contribution in [1.29, 1.82) is 0 Å². The molecule has 0 spiro atoms. The summed E-state index contributed by atoms with van der Waals surface area (Å²) in [4.78, 5) is 0. The Kier molecular flexibility index (Phi) is 5.66. The highest BCUT2D eigenvalue weighted by molar-refractivity contribution is 5.44. The van der Waals surface area contributed by atoms with E-state index in [1.165, 1.54) is 5.56 Å². The van der Waals surface area contributed by atoms with Gasteiger partial charge in [0.25, 0.3) is 0 Å². The molecule has 1 heterocycles. The van der Waals surface area contributed by atoms with Gasteiger partial charge in [-0.2, -0.15) is 5.10 Å². The number of methoxy groups -OCH3 is 2.